The number of piperidine rings is 1. The number of rotatable bonds is 12. The first kappa shape index (κ1) is 40.4. The number of nitrogens with zero attached hydrogens (tertiary/aromatic N) is 2. The molecular weight excluding hydrogens is 704 g/mol. The molecule has 4 amide bonds. The summed E-state index contributed by atoms with van der Waals surface area (Å²) in [4.78, 5) is 57.5. The predicted octanol–water partition coefficient (Wildman–Crippen LogP) is 6.15. The van der Waals surface area contributed by atoms with Crippen molar-refractivity contribution in [2.45, 2.75) is 89.5 Å². The minimum absolute atomic E-state index is 0.00626. The lowest BCUT2D eigenvalue weighted by atomic mass is 9.83. The Morgan fingerprint density at radius 3 is 2.30 bits per heavy atom. The fourth-order valence-corrected chi connectivity index (χ4v) is 7.60. The number of anilines is 2. The van der Waals surface area contributed by atoms with Gasteiger partial charge in [-0.05, 0) is 106 Å². The molecule has 3 aromatic carbocycles. The summed E-state index contributed by atoms with van der Waals surface area (Å²) < 4.78 is 56.3. The van der Waals surface area contributed by atoms with Gasteiger partial charge in [0, 0.05) is 24.0 Å². The van der Waals surface area contributed by atoms with Gasteiger partial charge in [-0.1, -0.05) is 43.2 Å². The maximum Gasteiger partial charge on any atom is 0.416 e. The van der Waals surface area contributed by atoms with E-state index in [1.165, 1.54) is 36.1 Å². The van der Waals surface area contributed by atoms with E-state index < -0.39 is 53.3 Å². The molecule has 3 aromatic rings. The Kier molecular flexibility index (Phi) is 13.1. The first-order chi connectivity index (χ1) is 25.7. The van der Waals surface area contributed by atoms with E-state index in [4.69, 9.17) is 11.5 Å². The predicted molar refractivity (Wildman–Crippen MR) is 198 cm³/mol. The van der Waals surface area contributed by atoms with Crippen molar-refractivity contribution in [3.05, 3.63) is 94.3 Å². The number of amides is 4. The summed E-state index contributed by atoms with van der Waals surface area (Å²) in [7, 11) is 0. The van der Waals surface area contributed by atoms with Crippen LogP contribution >= 0.6 is 0 Å². The molecular formula is C40H48F4N6O4. The summed E-state index contributed by atoms with van der Waals surface area (Å²) in [6, 6.07) is 12.9. The van der Waals surface area contributed by atoms with Crippen molar-refractivity contribution in [2.75, 3.05) is 29.9 Å². The van der Waals surface area contributed by atoms with Crippen LogP contribution in [0.4, 0.5) is 28.9 Å². The molecule has 0 unspecified atom stereocenters. The van der Waals surface area contributed by atoms with Crippen molar-refractivity contribution >= 4 is 35.0 Å². The summed E-state index contributed by atoms with van der Waals surface area (Å²) in [5.41, 5.74) is 11.9. The van der Waals surface area contributed by atoms with Crippen LogP contribution in [0.1, 0.15) is 90.0 Å². The molecule has 290 valence electrons. The SMILES string of the molecule is Cc1ccc(NC(=O)[C@H]2CCCN(C(=O)c3c(C)cccc3F)[C@H]2c2ccc(N(C(=O)CNC(=O)[C@@H](N)CCCN)C3CCCC3)cc2)cc1C(F)(F)F. The molecule has 0 aromatic heterocycles. The molecule has 0 radical (unpaired) electrons. The summed E-state index contributed by atoms with van der Waals surface area (Å²) >= 11 is 0. The van der Waals surface area contributed by atoms with Crippen LogP contribution < -0.4 is 27.0 Å². The number of nitrogens with one attached hydrogen (secondary N) is 2. The van der Waals surface area contributed by atoms with E-state index >= 15 is 4.39 Å². The monoisotopic (exact) mass is 752 g/mol. The number of likely N-dealkylation sites (tertiary alicyclic amines) is 1. The van der Waals surface area contributed by atoms with Crippen molar-refractivity contribution in [3.8, 4) is 0 Å². The highest BCUT2D eigenvalue weighted by Gasteiger charge is 2.41. The van der Waals surface area contributed by atoms with E-state index in [-0.39, 0.29) is 41.9 Å². The smallest absolute Gasteiger partial charge is 0.346 e. The van der Waals surface area contributed by atoms with E-state index in [2.05, 4.69) is 10.6 Å². The molecule has 54 heavy (non-hydrogen) atoms. The molecule has 1 heterocycles. The summed E-state index contributed by atoms with van der Waals surface area (Å²) in [5, 5.41) is 5.29. The van der Waals surface area contributed by atoms with Gasteiger partial charge < -0.3 is 31.9 Å². The Bertz CT molecular complexity index is 1810. The third kappa shape index (κ3) is 9.27. The highest BCUT2D eigenvalue weighted by Crippen LogP contribution is 2.40. The first-order valence-corrected chi connectivity index (χ1v) is 18.4. The van der Waals surface area contributed by atoms with Crippen LogP contribution in [0.15, 0.2) is 60.7 Å². The Labute approximate surface area is 312 Å². The van der Waals surface area contributed by atoms with Gasteiger partial charge in [0.05, 0.1) is 35.7 Å². The molecule has 3 atom stereocenters. The topological polar surface area (TPSA) is 151 Å². The van der Waals surface area contributed by atoms with Crippen molar-refractivity contribution < 1.29 is 36.7 Å². The quantitative estimate of drug-likeness (QED) is 0.163. The highest BCUT2D eigenvalue weighted by atomic mass is 19.4. The zero-order valence-electron chi connectivity index (χ0n) is 30.6. The van der Waals surface area contributed by atoms with Crippen LogP contribution in [0.2, 0.25) is 0 Å². The number of hydrogen-bond acceptors (Lipinski definition) is 6. The zero-order valence-corrected chi connectivity index (χ0v) is 30.6. The van der Waals surface area contributed by atoms with Crippen LogP contribution in [-0.4, -0.2) is 60.2 Å². The Balaban J connectivity index is 1.47. The van der Waals surface area contributed by atoms with Gasteiger partial charge in [-0.15, -0.1) is 0 Å². The molecule has 10 nitrogen and oxygen atoms in total. The fourth-order valence-electron chi connectivity index (χ4n) is 7.60. The molecule has 14 heteroatoms. The number of carbonyl (C=O) groups is 4. The van der Waals surface area contributed by atoms with Gasteiger partial charge in [0.25, 0.3) is 5.91 Å². The van der Waals surface area contributed by atoms with Crippen LogP contribution in [0.25, 0.3) is 0 Å². The second-order valence-electron chi connectivity index (χ2n) is 14.2. The van der Waals surface area contributed by atoms with Gasteiger partial charge in [-0.2, -0.15) is 13.2 Å². The van der Waals surface area contributed by atoms with Crippen LogP contribution in [-0.2, 0) is 20.6 Å². The second kappa shape index (κ2) is 17.5. The van der Waals surface area contributed by atoms with Crippen molar-refractivity contribution in [1.82, 2.24) is 10.2 Å². The van der Waals surface area contributed by atoms with Gasteiger partial charge in [-0.25, -0.2) is 4.39 Å². The number of halogens is 4. The first-order valence-electron chi connectivity index (χ1n) is 18.4. The third-order valence-corrected chi connectivity index (χ3v) is 10.4. The Morgan fingerprint density at radius 1 is 0.944 bits per heavy atom. The highest BCUT2D eigenvalue weighted by molar-refractivity contribution is 5.99. The largest absolute Gasteiger partial charge is 0.416 e. The van der Waals surface area contributed by atoms with Gasteiger partial charge in [0.2, 0.25) is 17.7 Å². The molecule has 1 saturated heterocycles. The van der Waals surface area contributed by atoms with Crippen molar-refractivity contribution in [1.29, 1.82) is 0 Å². The molecule has 1 aliphatic heterocycles. The maximum atomic E-state index is 15.2. The lowest BCUT2D eigenvalue weighted by Crippen LogP contribution is -2.48. The lowest BCUT2D eigenvalue weighted by Gasteiger charge is -2.41. The Hall–Kier alpha value is -4.82. The normalized spacial score (nSPS) is 18.3. The molecule has 5 rings (SSSR count). The van der Waals surface area contributed by atoms with E-state index in [1.807, 2.05) is 0 Å². The maximum absolute atomic E-state index is 15.2. The van der Waals surface area contributed by atoms with Gasteiger partial charge in [-0.3, -0.25) is 19.2 Å². The fraction of sp³-hybridized carbons (Fsp3) is 0.450. The minimum atomic E-state index is -4.63. The molecule has 1 saturated carbocycles. The number of aryl methyl sites for hydroxylation is 2. The Morgan fingerprint density at radius 2 is 1.65 bits per heavy atom. The average Bonchev–Trinajstić information content (AvgIpc) is 3.67. The second-order valence-corrected chi connectivity index (χ2v) is 14.2. The molecule has 0 bridgehead atoms. The molecule has 1 aliphatic carbocycles. The number of nitrogens with two attached hydrogens (primary N) is 2. The van der Waals surface area contributed by atoms with Crippen LogP contribution in [0, 0.1) is 25.6 Å². The minimum Gasteiger partial charge on any atom is -0.346 e. The third-order valence-electron chi connectivity index (χ3n) is 10.4. The standard InChI is InChI=1S/C40H48F4N6O4/c1-24-14-17-27(22-31(24)40(42,43)44)48-37(52)30-11-7-21-49(39(54)35-25(2)8-5-12-32(35)41)36(30)26-15-18-29(19-16-26)50(28-9-3-4-10-28)34(51)23-47-38(53)33(46)13-6-20-45/h5,8,12,14-19,22,28,30,33,36H,3-4,6-7,9-11,13,20-21,23,45-46H2,1-2H3,(H,47,53)(H,48,52)/t30-,33-,36-/m0/s1. The van der Waals surface area contributed by atoms with E-state index in [0.717, 1.165) is 31.7 Å². The summed E-state index contributed by atoms with van der Waals surface area (Å²) in [5.74, 6) is -3.61. The van der Waals surface area contributed by atoms with Gasteiger partial charge in [0.15, 0.2) is 0 Å². The van der Waals surface area contributed by atoms with E-state index in [9.17, 15) is 32.3 Å². The van der Waals surface area contributed by atoms with Gasteiger partial charge >= 0.3 is 6.18 Å². The lowest BCUT2D eigenvalue weighted by molar-refractivity contribution is -0.138. The molecule has 2 aliphatic rings. The van der Waals surface area contributed by atoms with Crippen LogP contribution in [0.5, 0.6) is 0 Å². The van der Waals surface area contributed by atoms with Crippen molar-refractivity contribution in [2.24, 2.45) is 17.4 Å². The molecule has 2 fully saturated rings. The van der Waals surface area contributed by atoms with Crippen LogP contribution in [0.3, 0.4) is 0 Å². The van der Waals surface area contributed by atoms with Gasteiger partial charge in [0.1, 0.15) is 5.82 Å². The summed E-state index contributed by atoms with van der Waals surface area (Å²) in [6.45, 7) is 3.28. The molecule has 6 N–H and O–H groups in total. The number of hydrogen-bond donors (Lipinski definition) is 4. The van der Waals surface area contributed by atoms with Crippen molar-refractivity contribution in [3.63, 3.8) is 0 Å². The van der Waals surface area contributed by atoms with E-state index in [0.29, 0.717) is 49.0 Å². The zero-order chi connectivity index (χ0) is 39.2. The molecule has 0 spiro atoms. The number of alkyl halides is 3. The van der Waals surface area contributed by atoms with E-state index in [1.54, 1.807) is 42.2 Å². The average molecular weight is 753 g/mol. The number of carbonyl (C=O) groups excluding carboxylic acids is 4. The number of benzene rings is 3. The summed E-state index contributed by atoms with van der Waals surface area (Å²) in [6.07, 6.45) is 0.413.